The van der Waals surface area contributed by atoms with Crippen LogP contribution >= 0.6 is 11.8 Å². The van der Waals surface area contributed by atoms with Crippen LogP contribution in [0.1, 0.15) is 22.3 Å². The highest BCUT2D eigenvalue weighted by molar-refractivity contribution is 7.98. The van der Waals surface area contributed by atoms with Gasteiger partial charge in [-0.2, -0.15) is 0 Å². The van der Waals surface area contributed by atoms with Crippen molar-refractivity contribution in [2.45, 2.75) is 31.7 Å². The third kappa shape index (κ3) is 3.60. The van der Waals surface area contributed by atoms with Gasteiger partial charge in [-0.3, -0.25) is 9.36 Å². The predicted molar refractivity (Wildman–Crippen MR) is 118 cm³/mol. The maximum absolute atomic E-state index is 13.4. The fourth-order valence-electron chi connectivity index (χ4n) is 3.43. The highest BCUT2D eigenvalue weighted by Crippen LogP contribution is 2.26. The van der Waals surface area contributed by atoms with Crippen molar-refractivity contribution in [1.29, 1.82) is 0 Å². The van der Waals surface area contributed by atoms with Crippen molar-refractivity contribution in [3.63, 3.8) is 0 Å². The van der Waals surface area contributed by atoms with Crippen molar-refractivity contribution in [3.8, 4) is 5.69 Å². The molecule has 0 saturated heterocycles. The number of aryl methyl sites for hydroxylation is 3. The second kappa shape index (κ2) is 7.64. The molecule has 0 aliphatic carbocycles. The molecule has 3 nitrogen and oxygen atoms in total. The molecule has 0 saturated carbocycles. The number of fused-ring (bicyclic) bond motifs is 1. The average Bonchev–Trinajstić information content (AvgIpc) is 2.68. The zero-order valence-electron chi connectivity index (χ0n) is 16.3. The SMILES string of the molecule is Cc1cccc(CSc2nc3ccccc3c(=O)n2-c2ccc(C)cc2C)c1. The van der Waals surface area contributed by atoms with Gasteiger partial charge in [-0.1, -0.05) is 71.4 Å². The summed E-state index contributed by atoms with van der Waals surface area (Å²) in [7, 11) is 0. The molecule has 0 aliphatic rings. The molecule has 1 heterocycles. The molecule has 0 fully saturated rings. The van der Waals surface area contributed by atoms with E-state index in [1.807, 2.05) is 43.3 Å². The number of nitrogens with zero attached hydrogens (tertiary/aromatic N) is 2. The second-order valence-electron chi connectivity index (χ2n) is 7.12. The number of benzene rings is 3. The molecule has 4 aromatic rings. The van der Waals surface area contributed by atoms with Gasteiger partial charge < -0.3 is 0 Å². The molecule has 1 aromatic heterocycles. The van der Waals surface area contributed by atoms with Crippen LogP contribution in [0.2, 0.25) is 0 Å². The highest BCUT2D eigenvalue weighted by Gasteiger charge is 2.15. The van der Waals surface area contributed by atoms with E-state index in [1.54, 1.807) is 16.3 Å². The van der Waals surface area contributed by atoms with Crippen LogP contribution in [0.25, 0.3) is 16.6 Å². The standard InChI is InChI=1S/C24H22N2OS/c1-16-7-6-8-19(14-16)15-28-24-25-21-10-5-4-9-20(21)23(27)26(24)22-12-11-17(2)13-18(22)3/h4-14H,15H2,1-3H3. The molecule has 140 valence electrons. The van der Waals surface area contributed by atoms with Gasteiger partial charge in [0.25, 0.3) is 5.56 Å². The minimum atomic E-state index is -0.0238. The Balaban J connectivity index is 1.87. The van der Waals surface area contributed by atoms with Gasteiger partial charge in [0.2, 0.25) is 0 Å². The van der Waals surface area contributed by atoms with E-state index in [0.717, 1.165) is 27.7 Å². The summed E-state index contributed by atoms with van der Waals surface area (Å²) >= 11 is 1.60. The molecular weight excluding hydrogens is 364 g/mol. The van der Waals surface area contributed by atoms with Crippen molar-refractivity contribution < 1.29 is 0 Å². The van der Waals surface area contributed by atoms with E-state index in [0.29, 0.717) is 5.39 Å². The average molecular weight is 387 g/mol. The summed E-state index contributed by atoms with van der Waals surface area (Å²) in [5, 5.41) is 1.36. The maximum Gasteiger partial charge on any atom is 0.266 e. The summed E-state index contributed by atoms with van der Waals surface area (Å²) in [6, 6.07) is 22.2. The van der Waals surface area contributed by atoms with Gasteiger partial charge in [0.05, 0.1) is 16.6 Å². The Bertz CT molecular complexity index is 1230. The van der Waals surface area contributed by atoms with E-state index in [4.69, 9.17) is 4.98 Å². The second-order valence-corrected chi connectivity index (χ2v) is 8.06. The number of hydrogen-bond acceptors (Lipinski definition) is 3. The van der Waals surface area contributed by atoms with Crippen molar-refractivity contribution in [3.05, 3.63) is 99.3 Å². The van der Waals surface area contributed by atoms with Crippen LogP contribution in [0.5, 0.6) is 0 Å². The topological polar surface area (TPSA) is 34.9 Å². The van der Waals surface area contributed by atoms with Crippen LogP contribution in [-0.4, -0.2) is 9.55 Å². The fourth-order valence-corrected chi connectivity index (χ4v) is 4.38. The number of hydrogen-bond donors (Lipinski definition) is 0. The molecule has 0 aliphatic heterocycles. The molecule has 0 amide bonds. The molecule has 0 N–H and O–H groups in total. The Morgan fingerprint density at radius 3 is 2.46 bits per heavy atom. The number of rotatable bonds is 4. The van der Waals surface area contributed by atoms with Crippen LogP contribution in [0.15, 0.2) is 76.7 Å². The quantitative estimate of drug-likeness (QED) is 0.338. The van der Waals surface area contributed by atoms with Crippen LogP contribution in [0.3, 0.4) is 0 Å². The molecule has 3 aromatic carbocycles. The summed E-state index contributed by atoms with van der Waals surface area (Å²) < 4.78 is 1.76. The lowest BCUT2D eigenvalue weighted by atomic mass is 10.1. The molecule has 0 radical (unpaired) electrons. The van der Waals surface area contributed by atoms with Crippen LogP contribution in [-0.2, 0) is 5.75 Å². The summed E-state index contributed by atoms with van der Waals surface area (Å²) in [6.07, 6.45) is 0. The van der Waals surface area contributed by atoms with E-state index in [1.165, 1.54) is 16.7 Å². The first kappa shape index (κ1) is 18.5. The van der Waals surface area contributed by atoms with Crippen molar-refractivity contribution in [1.82, 2.24) is 9.55 Å². The predicted octanol–water partition coefficient (Wildman–Crippen LogP) is 5.60. The fraction of sp³-hybridized carbons (Fsp3) is 0.167. The van der Waals surface area contributed by atoms with E-state index in [2.05, 4.69) is 44.2 Å². The molecule has 0 spiro atoms. The molecule has 0 unspecified atom stereocenters. The van der Waals surface area contributed by atoms with Gasteiger partial charge in [-0.25, -0.2) is 4.98 Å². The Labute approximate surface area is 169 Å². The van der Waals surface area contributed by atoms with Gasteiger partial charge in [0.15, 0.2) is 5.16 Å². The van der Waals surface area contributed by atoms with Gasteiger partial charge >= 0.3 is 0 Å². The van der Waals surface area contributed by atoms with Gasteiger partial charge in [-0.15, -0.1) is 0 Å². The summed E-state index contributed by atoms with van der Waals surface area (Å²) in [5.74, 6) is 0.761. The molecule has 4 heteroatoms. The smallest absolute Gasteiger partial charge is 0.266 e. The molecule has 28 heavy (non-hydrogen) atoms. The van der Waals surface area contributed by atoms with Crippen LogP contribution < -0.4 is 5.56 Å². The van der Waals surface area contributed by atoms with E-state index in [-0.39, 0.29) is 5.56 Å². The van der Waals surface area contributed by atoms with Crippen molar-refractivity contribution >= 4 is 22.7 Å². The lowest BCUT2D eigenvalue weighted by molar-refractivity contribution is 0.814. The van der Waals surface area contributed by atoms with Crippen LogP contribution in [0, 0.1) is 20.8 Å². The third-order valence-electron chi connectivity index (χ3n) is 4.79. The first-order valence-electron chi connectivity index (χ1n) is 9.31. The van der Waals surface area contributed by atoms with Crippen molar-refractivity contribution in [2.24, 2.45) is 0 Å². The molecule has 0 atom stereocenters. The normalized spacial score (nSPS) is 11.1. The largest absolute Gasteiger partial charge is 0.268 e. The Hall–Kier alpha value is -2.85. The van der Waals surface area contributed by atoms with E-state index in [9.17, 15) is 4.79 Å². The maximum atomic E-state index is 13.4. The van der Waals surface area contributed by atoms with E-state index < -0.39 is 0 Å². The zero-order chi connectivity index (χ0) is 19.7. The first-order chi connectivity index (χ1) is 13.5. The Morgan fingerprint density at radius 1 is 0.893 bits per heavy atom. The monoisotopic (exact) mass is 386 g/mol. The Morgan fingerprint density at radius 2 is 1.68 bits per heavy atom. The lowest BCUT2D eigenvalue weighted by Gasteiger charge is -2.15. The molecule has 4 rings (SSSR count). The van der Waals surface area contributed by atoms with Crippen molar-refractivity contribution in [2.75, 3.05) is 0 Å². The van der Waals surface area contributed by atoms with Gasteiger partial charge in [-0.05, 0) is 50.1 Å². The zero-order valence-corrected chi connectivity index (χ0v) is 17.1. The summed E-state index contributed by atoms with van der Waals surface area (Å²) in [5.41, 5.74) is 6.30. The van der Waals surface area contributed by atoms with E-state index >= 15 is 0 Å². The minimum absolute atomic E-state index is 0.0238. The lowest BCUT2D eigenvalue weighted by Crippen LogP contribution is -2.22. The number of para-hydroxylation sites is 1. The molecular formula is C24H22N2OS. The number of thioether (sulfide) groups is 1. The third-order valence-corrected chi connectivity index (χ3v) is 5.80. The summed E-state index contributed by atoms with van der Waals surface area (Å²) in [4.78, 5) is 18.2. The summed E-state index contributed by atoms with van der Waals surface area (Å²) in [6.45, 7) is 6.19. The van der Waals surface area contributed by atoms with Gasteiger partial charge in [0, 0.05) is 5.75 Å². The first-order valence-corrected chi connectivity index (χ1v) is 10.3. The highest BCUT2D eigenvalue weighted by atomic mass is 32.2. The van der Waals surface area contributed by atoms with Crippen LogP contribution in [0.4, 0.5) is 0 Å². The minimum Gasteiger partial charge on any atom is -0.268 e. The van der Waals surface area contributed by atoms with Gasteiger partial charge in [0.1, 0.15) is 0 Å². The Kier molecular flexibility index (Phi) is 5.05. The molecule has 0 bridgehead atoms. The number of aromatic nitrogens is 2.